The summed E-state index contributed by atoms with van der Waals surface area (Å²) < 4.78 is 37.7. The molecule has 0 amide bonds. The van der Waals surface area contributed by atoms with Gasteiger partial charge >= 0.3 is 6.18 Å². The summed E-state index contributed by atoms with van der Waals surface area (Å²) in [7, 11) is 0. The van der Waals surface area contributed by atoms with Gasteiger partial charge in [-0.3, -0.25) is 0 Å². The van der Waals surface area contributed by atoms with Gasteiger partial charge in [-0.2, -0.15) is 18.4 Å². The maximum absolute atomic E-state index is 12.6. The first kappa shape index (κ1) is 13.7. The minimum Gasteiger partial charge on any atom is -0.382 e. The molecule has 0 saturated carbocycles. The van der Waals surface area contributed by atoms with Gasteiger partial charge in [0.15, 0.2) is 0 Å². The van der Waals surface area contributed by atoms with Crippen molar-refractivity contribution in [2.75, 3.05) is 11.1 Å². The van der Waals surface area contributed by atoms with Crippen molar-refractivity contribution in [3.63, 3.8) is 0 Å². The Morgan fingerprint density at radius 2 is 1.95 bits per heavy atom. The van der Waals surface area contributed by atoms with E-state index in [1.54, 1.807) is 18.2 Å². The predicted octanol–water partition coefficient (Wildman–Crippen LogP) is 3.30. The van der Waals surface area contributed by atoms with Gasteiger partial charge in [-0.15, -0.1) is 0 Å². The molecule has 1 aromatic heterocycles. The van der Waals surface area contributed by atoms with Crippen LogP contribution in [0.4, 0.5) is 30.4 Å². The molecule has 0 saturated heterocycles. The van der Waals surface area contributed by atoms with Crippen LogP contribution >= 0.6 is 0 Å². The highest BCUT2D eigenvalue weighted by Gasteiger charge is 2.31. The van der Waals surface area contributed by atoms with Gasteiger partial charge in [-0.25, -0.2) is 4.98 Å². The van der Waals surface area contributed by atoms with E-state index in [1.807, 2.05) is 0 Å². The smallest absolute Gasteiger partial charge is 0.382 e. The number of alkyl halides is 3. The van der Waals surface area contributed by atoms with Gasteiger partial charge in [0.25, 0.3) is 0 Å². The van der Waals surface area contributed by atoms with Crippen molar-refractivity contribution in [3.05, 3.63) is 47.7 Å². The molecule has 0 spiro atoms. The molecule has 0 radical (unpaired) electrons. The first-order valence-electron chi connectivity index (χ1n) is 5.50. The normalized spacial score (nSPS) is 10.9. The summed E-state index contributed by atoms with van der Waals surface area (Å²) in [4.78, 5) is 3.84. The first-order valence-corrected chi connectivity index (χ1v) is 5.50. The van der Waals surface area contributed by atoms with E-state index in [0.29, 0.717) is 5.69 Å². The fraction of sp³-hybridized carbons (Fsp3) is 0.0769. The van der Waals surface area contributed by atoms with Crippen molar-refractivity contribution >= 4 is 17.2 Å². The molecule has 0 bridgehead atoms. The van der Waals surface area contributed by atoms with Gasteiger partial charge in [-0.1, -0.05) is 0 Å². The number of aromatic nitrogens is 1. The number of halogens is 3. The zero-order valence-electron chi connectivity index (χ0n) is 10.1. The van der Waals surface area contributed by atoms with Gasteiger partial charge in [0.2, 0.25) is 0 Å². The van der Waals surface area contributed by atoms with Gasteiger partial charge in [0.05, 0.1) is 22.5 Å². The number of pyridine rings is 1. The highest BCUT2D eigenvalue weighted by atomic mass is 19.4. The average molecular weight is 278 g/mol. The summed E-state index contributed by atoms with van der Waals surface area (Å²) >= 11 is 0. The minimum atomic E-state index is -4.49. The van der Waals surface area contributed by atoms with Crippen molar-refractivity contribution < 1.29 is 13.2 Å². The van der Waals surface area contributed by atoms with E-state index < -0.39 is 11.7 Å². The predicted molar refractivity (Wildman–Crippen MR) is 68.1 cm³/mol. The second-order valence-corrected chi connectivity index (χ2v) is 3.93. The molecule has 20 heavy (non-hydrogen) atoms. The first-order chi connectivity index (χ1) is 9.41. The Morgan fingerprint density at radius 1 is 1.20 bits per heavy atom. The topological polar surface area (TPSA) is 74.7 Å². The maximum Gasteiger partial charge on any atom is 0.416 e. The lowest BCUT2D eigenvalue weighted by molar-refractivity contribution is -0.137. The highest BCUT2D eigenvalue weighted by Crippen LogP contribution is 2.32. The number of nitrogen functional groups attached to an aromatic ring is 1. The zero-order chi connectivity index (χ0) is 14.8. The third-order valence-corrected chi connectivity index (χ3v) is 2.58. The summed E-state index contributed by atoms with van der Waals surface area (Å²) in [6.45, 7) is 0. The van der Waals surface area contributed by atoms with Crippen LogP contribution in [0.15, 0.2) is 36.5 Å². The van der Waals surface area contributed by atoms with Crippen molar-refractivity contribution in [1.29, 1.82) is 5.26 Å². The Hall–Kier alpha value is -2.75. The molecule has 1 aromatic carbocycles. The molecule has 2 rings (SSSR count). The van der Waals surface area contributed by atoms with E-state index in [9.17, 15) is 13.2 Å². The average Bonchev–Trinajstić information content (AvgIpc) is 2.40. The molecule has 102 valence electrons. The number of rotatable bonds is 2. The second-order valence-electron chi connectivity index (χ2n) is 3.93. The Labute approximate surface area is 112 Å². The maximum atomic E-state index is 12.6. The second kappa shape index (κ2) is 5.09. The summed E-state index contributed by atoms with van der Waals surface area (Å²) in [6.07, 6.45) is -3.00. The fourth-order valence-electron chi connectivity index (χ4n) is 1.59. The molecule has 0 aliphatic heterocycles. The Balaban J connectivity index is 2.39. The summed E-state index contributed by atoms with van der Waals surface area (Å²) in [5, 5.41) is 11.7. The Bertz CT molecular complexity index is 674. The third kappa shape index (κ3) is 2.80. The molecule has 0 aliphatic rings. The molecule has 0 unspecified atom stereocenters. The van der Waals surface area contributed by atoms with Crippen LogP contribution in [0.25, 0.3) is 0 Å². The zero-order valence-corrected chi connectivity index (χ0v) is 10.1. The minimum absolute atomic E-state index is 0.122. The molecular weight excluding hydrogens is 269 g/mol. The molecule has 3 N–H and O–H groups in total. The van der Waals surface area contributed by atoms with Crippen LogP contribution in [0.1, 0.15) is 11.1 Å². The molecular formula is C13H9F3N4. The van der Waals surface area contributed by atoms with E-state index >= 15 is 0 Å². The van der Waals surface area contributed by atoms with Crippen LogP contribution in [0, 0.1) is 11.3 Å². The summed E-state index contributed by atoms with van der Waals surface area (Å²) in [5.41, 5.74) is 5.28. The van der Waals surface area contributed by atoms with Crippen LogP contribution in [0.3, 0.4) is 0 Å². The molecule has 4 nitrogen and oxygen atoms in total. The van der Waals surface area contributed by atoms with Crippen LogP contribution in [-0.2, 0) is 6.18 Å². The van der Waals surface area contributed by atoms with Gasteiger partial charge < -0.3 is 11.1 Å². The number of anilines is 3. The molecule has 7 heteroatoms. The fourth-order valence-corrected chi connectivity index (χ4v) is 1.59. The van der Waals surface area contributed by atoms with Crippen molar-refractivity contribution in [3.8, 4) is 6.07 Å². The highest BCUT2D eigenvalue weighted by molar-refractivity contribution is 5.73. The van der Waals surface area contributed by atoms with E-state index in [2.05, 4.69) is 10.3 Å². The van der Waals surface area contributed by atoms with Crippen LogP contribution in [0.2, 0.25) is 0 Å². The number of nitrogens with two attached hydrogens (primary N) is 1. The summed E-state index contributed by atoms with van der Waals surface area (Å²) in [6, 6.07) is 7.83. The van der Waals surface area contributed by atoms with Gasteiger partial charge in [-0.05, 0) is 30.3 Å². The van der Waals surface area contributed by atoms with Crippen LogP contribution in [0.5, 0.6) is 0 Å². The van der Waals surface area contributed by atoms with Crippen molar-refractivity contribution in [2.24, 2.45) is 0 Å². The molecule has 0 aliphatic carbocycles. The number of nitrogens with zero attached hydrogens (tertiary/aromatic N) is 2. The Kier molecular flexibility index (Phi) is 3.48. The molecule has 0 atom stereocenters. The number of hydrogen-bond donors (Lipinski definition) is 2. The molecule has 0 fully saturated rings. The van der Waals surface area contributed by atoms with E-state index in [-0.39, 0.29) is 17.1 Å². The standard InChI is InChI=1S/C13H9F3N4/c14-13(15,16)9-3-4-10(8(6-9)7-17)20-11-2-1-5-19-12(11)18/h1-6,20H,(H2,18,19). The number of nitrogens with one attached hydrogen (secondary N) is 1. The largest absolute Gasteiger partial charge is 0.416 e. The number of nitriles is 1. The third-order valence-electron chi connectivity index (χ3n) is 2.58. The quantitative estimate of drug-likeness (QED) is 0.883. The lowest BCUT2D eigenvalue weighted by atomic mass is 10.1. The van der Waals surface area contributed by atoms with Gasteiger partial charge in [0.1, 0.15) is 11.9 Å². The van der Waals surface area contributed by atoms with Gasteiger partial charge in [0, 0.05) is 6.20 Å². The van der Waals surface area contributed by atoms with Crippen molar-refractivity contribution in [2.45, 2.75) is 6.18 Å². The van der Waals surface area contributed by atoms with E-state index in [0.717, 1.165) is 12.1 Å². The summed E-state index contributed by atoms with van der Waals surface area (Å²) in [5.74, 6) is 0.191. The van der Waals surface area contributed by atoms with E-state index in [4.69, 9.17) is 11.0 Å². The molecule has 1 heterocycles. The Morgan fingerprint density at radius 3 is 2.55 bits per heavy atom. The van der Waals surface area contributed by atoms with Crippen molar-refractivity contribution in [1.82, 2.24) is 4.98 Å². The monoisotopic (exact) mass is 278 g/mol. The van der Waals surface area contributed by atoms with Crippen LogP contribution < -0.4 is 11.1 Å². The number of hydrogen-bond acceptors (Lipinski definition) is 4. The SMILES string of the molecule is N#Cc1cc(C(F)(F)F)ccc1Nc1cccnc1N. The van der Waals surface area contributed by atoms with E-state index in [1.165, 1.54) is 12.3 Å². The molecule has 2 aromatic rings. The number of benzene rings is 1. The lowest BCUT2D eigenvalue weighted by Crippen LogP contribution is -2.06. The lowest BCUT2D eigenvalue weighted by Gasteiger charge is -2.12. The van der Waals surface area contributed by atoms with Crippen LogP contribution in [-0.4, -0.2) is 4.98 Å².